The number of halogens is 1. The number of aromatic nitrogens is 3. The third-order valence-electron chi connectivity index (χ3n) is 4.26. The zero-order chi connectivity index (χ0) is 18.8. The van der Waals surface area contributed by atoms with Gasteiger partial charge in [-0.15, -0.1) is 0 Å². The van der Waals surface area contributed by atoms with Gasteiger partial charge < -0.3 is 11.1 Å². The summed E-state index contributed by atoms with van der Waals surface area (Å²) in [6.07, 6.45) is 1.40. The van der Waals surface area contributed by atoms with E-state index >= 15 is 0 Å². The number of hydrogen-bond donors (Lipinski definition) is 2. The molecule has 134 valence electrons. The molecule has 1 amide bonds. The Bertz CT molecular complexity index is 1060. The normalized spacial score (nSPS) is 11.0. The van der Waals surface area contributed by atoms with Gasteiger partial charge >= 0.3 is 0 Å². The van der Waals surface area contributed by atoms with Crippen molar-refractivity contribution in [3.63, 3.8) is 0 Å². The van der Waals surface area contributed by atoms with E-state index in [0.29, 0.717) is 11.5 Å². The van der Waals surface area contributed by atoms with Gasteiger partial charge in [0.15, 0.2) is 5.65 Å². The van der Waals surface area contributed by atoms with Crippen LogP contribution in [0.3, 0.4) is 0 Å². The fraction of sp³-hybridized carbons (Fsp3) is 0.0500. The van der Waals surface area contributed by atoms with E-state index in [2.05, 4.69) is 15.4 Å². The van der Waals surface area contributed by atoms with Gasteiger partial charge in [-0.2, -0.15) is 9.61 Å². The van der Waals surface area contributed by atoms with E-state index in [9.17, 15) is 4.79 Å². The monoisotopic (exact) mass is 377 g/mol. The minimum Gasteiger partial charge on any atom is -0.365 e. The van der Waals surface area contributed by atoms with Gasteiger partial charge in [-0.05, 0) is 11.1 Å². The molecule has 0 fully saturated rings. The number of nitrogens with one attached hydrogen (secondary N) is 1. The molecule has 3 N–H and O–H groups in total. The van der Waals surface area contributed by atoms with Gasteiger partial charge in [-0.25, -0.2) is 4.98 Å². The molecular weight excluding hydrogens is 362 g/mol. The maximum absolute atomic E-state index is 11.6. The zero-order valence-corrected chi connectivity index (χ0v) is 15.0. The van der Waals surface area contributed by atoms with Gasteiger partial charge in [-0.3, -0.25) is 4.79 Å². The zero-order valence-electron chi connectivity index (χ0n) is 14.2. The number of hydrogen-bond acceptors (Lipinski definition) is 4. The van der Waals surface area contributed by atoms with Gasteiger partial charge in [0.1, 0.15) is 16.5 Å². The van der Waals surface area contributed by atoms with Crippen molar-refractivity contribution in [1.29, 1.82) is 0 Å². The van der Waals surface area contributed by atoms with Crippen LogP contribution in [-0.2, 0) is 0 Å². The van der Waals surface area contributed by atoms with Gasteiger partial charge in [0.05, 0.1) is 12.2 Å². The number of carbonyl (C=O) groups excluding carboxylic acids is 1. The number of nitrogens with zero attached hydrogens (tertiary/aromatic N) is 3. The van der Waals surface area contributed by atoms with Gasteiger partial charge in [0.25, 0.3) is 5.91 Å². The van der Waals surface area contributed by atoms with E-state index in [4.69, 9.17) is 17.3 Å². The number of carbonyl (C=O) groups is 1. The first-order valence-corrected chi connectivity index (χ1v) is 8.72. The SMILES string of the molecule is NC(=O)c1cnn2c(NC(c3ccccc3)c3ccccc3)cc(Cl)nc12. The molecule has 0 bridgehead atoms. The summed E-state index contributed by atoms with van der Waals surface area (Å²) in [4.78, 5) is 15.8. The fourth-order valence-corrected chi connectivity index (χ4v) is 3.19. The first-order valence-electron chi connectivity index (χ1n) is 8.34. The predicted molar refractivity (Wildman–Crippen MR) is 105 cm³/mol. The minimum atomic E-state index is -0.603. The molecular formula is C20H16ClN5O. The molecule has 2 aromatic heterocycles. The Balaban J connectivity index is 1.83. The summed E-state index contributed by atoms with van der Waals surface area (Å²) in [6, 6.07) is 21.6. The van der Waals surface area contributed by atoms with Crippen LogP contribution in [0.15, 0.2) is 72.9 Å². The van der Waals surface area contributed by atoms with Crippen molar-refractivity contribution in [3.8, 4) is 0 Å². The van der Waals surface area contributed by atoms with Gasteiger partial charge in [-0.1, -0.05) is 72.3 Å². The number of fused-ring (bicyclic) bond motifs is 1. The molecule has 4 aromatic rings. The van der Waals surface area contributed by atoms with Crippen molar-refractivity contribution in [1.82, 2.24) is 14.6 Å². The highest BCUT2D eigenvalue weighted by Crippen LogP contribution is 2.28. The summed E-state index contributed by atoms with van der Waals surface area (Å²) in [6.45, 7) is 0. The lowest BCUT2D eigenvalue weighted by Crippen LogP contribution is -2.16. The molecule has 0 spiro atoms. The topological polar surface area (TPSA) is 85.3 Å². The van der Waals surface area contributed by atoms with Gasteiger partial charge in [0, 0.05) is 6.07 Å². The number of rotatable bonds is 5. The molecule has 0 saturated carbocycles. The first kappa shape index (κ1) is 17.1. The molecule has 7 heteroatoms. The second-order valence-corrected chi connectivity index (χ2v) is 6.41. The molecule has 27 heavy (non-hydrogen) atoms. The Hall–Kier alpha value is -3.38. The average Bonchev–Trinajstić information content (AvgIpc) is 3.11. The molecule has 2 heterocycles. The number of nitrogens with two attached hydrogens (primary N) is 1. The lowest BCUT2D eigenvalue weighted by molar-refractivity contribution is 0.100. The van der Waals surface area contributed by atoms with Crippen LogP contribution < -0.4 is 11.1 Å². The van der Waals surface area contributed by atoms with E-state index in [0.717, 1.165) is 11.1 Å². The number of amides is 1. The molecule has 4 rings (SSSR count). The van der Waals surface area contributed by atoms with Crippen LogP contribution in [0.2, 0.25) is 5.15 Å². The van der Waals surface area contributed by atoms with Crippen LogP contribution in [0.4, 0.5) is 5.82 Å². The Morgan fingerprint density at radius 1 is 1.04 bits per heavy atom. The minimum absolute atomic E-state index is 0.143. The number of benzene rings is 2. The average molecular weight is 378 g/mol. The van der Waals surface area contributed by atoms with Crippen LogP contribution in [-0.4, -0.2) is 20.5 Å². The van der Waals surface area contributed by atoms with E-state index in [1.54, 1.807) is 6.07 Å². The molecule has 0 unspecified atom stereocenters. The van der Waals surface area contributed by atoms with Gasteiger partial charge in [0.2, 0.25) is 0 Å². The molecule has 0 aliphatic heterocycles. The standard InChI is InChI=1S/C20H16ClN5O/c21-16-11-17(26-20(24-16)15(12-23-26)19(22)27)25-18(13-7-3-1-4-8-13)14-9-5-2-6-10-14/h1-12,18,25H,(H2,22,27). The Kier molecular flexibility index (Phi) is 4.48. The van der Waals surface area contributed by atoms with Crippen molar-refractivity contribution in [2.75, 3.05) is 5.32 Å². The highest BCUT2D eigenvalue weighted by molar-refractivity contribution is 6.29. The first-order chi connectivity index (χ1) is 13.1. The fourth-order valence-electron chi connectivity index (χ4n) is 3.01. The van der Waals surface area contributed by atoms with Crippen molar-refractivity contribution < 1.29 is 4.79 Å². The summed E-state index contributed by atoms with van der Waals surface area (Å²) in [5.74, 6) is 0.00333. The maximum Gasteiger partial charge on any atom is 0.254 e. The summed E-state index contributed by atoms with van der Waals surface area (Å²) < 4.78 is 1.53. The second kappa shape index (κ2) is 7.09. The Morgan fingerprint density at radius 3 is 2.19 bits per heavy atom. The summed E-state index contributed by atoms with van der Waals surface area (Å²) in [7, 11) is 0. The van der Waals surface area contributed by atoms with Crippen LogP contribution in [0, 0.1) is 0 Å². The quantitative estimate of drug-likeness (QED) is 0.519. The largest absolute Gasteiger partial charge is 0.365 e. The summed E-state index contributed by atoms with van der Waals surface area (Å²) in [5, 5.41) is 7.97. The van der Waals surface area contributed by atoms with E-state index in [1.807, 2.05) is 60.7 Å². The van der Waals surface area contributed by atoms with Crippen molar-refractivity contribution >= 4 is 29.0 Å². The molecule has 0 radical (unpaired) electrons. The van der Waals surface area contributed by atoms with Crippen LogP contribution in [0.1, 0.15) is 27.5 Å². The van der Waals surface area contributed by atoms with Crippen molar-refractivity contribution in [2.24, 2.45) is 5.73 Å². The molecule has 2 aromatic carbocycles. The van der Waals surface area contributed by atoms with E-state index in [1.165, 1.54) is 10.7 Å². The lowest BCUT2D eigenvalue weighted by atomic mass is 9.99. The number of primary amides is 1. The molecule has 0 aliphatic rings. The molecule has 6 nitrogen and oxygen atoms in total. The van der Waals surface area contributed by atoms with Crippen LogP contribution >= 0.6 is 11.6 Å². The third-order valence-corrected chi connectivity index (χ3v) is 4.46. The van der Waals surface area contributed by atoms with Crippen LogP contribution in [0.5, 0.6) is 0 Å². The molecule has 0 saturated heterocycles. The van der Waals surface area contributed by atoms with E-state index in [-0.39, 0.29) is 16.8 Å². The lowest BCUT2D eigenvalue weighted by Gasteiger charge is -2.21. The highest BCUT2D eigenvalue weighted by Gasteiger charge is 2.19. The number of anilines is 1. The maximum atomic E-state index is 11.6. The molecule has 0 aliphatic carbocycles. The van der Waals surface area contributed by atoms with Crippen LogP contribution in [0.25, 0.3) is 5.65 Å². The van der Waals surface area contributed by atoms with E-state index < -0.39 is 5.91 Å². The molecule has 0 atom stereocenters. The highest BCUT2D eigenvalue weighted by atomic mass is 35.5. The summed E-state index contributed by atoms with van der Waals surface area (Å²) in [5.41, 5.74) is 8.10. The Morgan fingerprint density at radius 2 is 1.63 bits per heavy atom. The smallest absolute Gasteiger partial charge is 0.254 e. The van der Waals surface area contributed by atoms with Crippen molar-refractivity contribution in [2.45, 2.75) is 6.04 Å². The van der Waals surface area contributed by atoms with Crippen molar-refractivity contribution in [3.05, 3.63) is 94.8 Å². The summed E-state index contributed by atoms with van der Waals surface area (Å²) >= 11 is 6.19. The third kappa shape index (κ3) is 3.35. The Labute approximate surface area is 160 Å². The predicted octanol–water partition coefficient (Wildman–Crippen LogP) is 3.68. The second-order valence-electron chi connectivity index (χ2n) is 6.02.